The number of carbonyl (C=O) groups excluding carboxylic acids is 5. The van der Waals surface area contributed by atoms with E-state index in [9.17, 15) is 24.0 Å². The zero-order chi connectivity index (χ0) is 34.4. The van der Waals surface area contributed by atoms with Gasteiger partial charge in [0.05, 0.1) is 16.6 Å². The maximum absolute atomic E-state index is 14.4. The number of ketones is 1. The highest BCUT2D eigenvalue weighted by Gasteiger charge is 2.46. The van der Waals surface area contributed by atoms with Gasteiger partial charge < -0.3 is 26.6 Å². The molecule has 1 aromatic heterocycles. The Morgan fingerprint density at radius 3 is 2.30 bits per heavy atom. The molecule has 1 aromatic rings. The lowest BCUT2D eigenvalue weighted by Crippen LogP contribution is -2.62. The van der Waals surface area contributed by atoms with Gasteiger partial charge in [0.15, 0.2) is 0 Å². The summed E-state index contributed by atoms with van der Waals surface area (Å²) in [4.78, 5) is 72.6. The molecule has 47 heavy (non-hydrogen) atoms. The molecule has 3 fully saturated rings. The number of nitrogens with two attached hydrogens (primary N) is 1. The first kappa shape index (κ1) is 36.4. The van der Waals surface area contributed by atoms with E-state index in [1.807, 2.05) is 52.8 Å². The summed E-state index contributed by atoms with van der Waals surface area (Å²) in [6.45, 7) is 9.73. The summed E-state index contributed by atoms with van der Waals surface area (Å²) >= 11 is 1.61. The van der Waals surface area contributed by atoms with Crippen molar-refractivity contribution < 1.29 is 24.0 Å². The summed E-state index contributed by atoms with van der Waals surface area (Å²) in [6, 6.07) is 2.41. The molecule has 11 nitrogen and oxygen atoms in total. The van der Waals surface area contributed by atoms with Crippen LogP contribution < -0.4 is 21.7 Å². The van der Waals surface area contributed by atoms with E-state index in [1.165, 1.54) is 4.90 Å². The number of thioether (sulfide) groups is 1. The number of nitrogens with zero attached hydrogens (tertiary/aromatic N) is 2. The number of hydrogen-bond donors (Lipinski definition) is 4. The highest BCUT2D eigenvalue weighted by molar-refractivity contribution is 7.99. The van der Waals surface area contributed by atoms with Crippen molar-refractivity contribution in [2.75, 3.05) is 12.3 Å². The molecule has 1 aliphatic heterocycles. The van der Waals surface area contributed by atoms with Gasteiger partial charge in [-0.25, -0.2) is 9.78 Å². The smallest absolute Gasteiger partial charge is 0.315 e. The largest absolute Gasteiger partial charge is 0.363 e. The number of Topliss-reactive ketones (excluding diaryl/α,β-unsaturated/α-hetero) is 1. The molecule has 3 aliphatic rings. The van der Waals surface area contributed by atoms with Crippen LogP contribution in [0.3, 0.4) is 0 Å². The van der Waals surface area contributed by atoms with E-state index in [0.717, 1.165) is 67.5 Å². The Morgan fingerprint density at radius 2 is 1.74 bits per heavy atom. The lowest BCUT2D eigenvalue weighted by Gasteiger charge is -2.40. The molecule has 258 valence electrons. The molecule has 5 amide bonds. The van der Waals surface area contributed by atoms with Gasteiger partial charge in [0.1, 0.15) is 12.1 Å². The van der Waals surface area contributed by atoms with Gasteiger partial charge in [0.25, 0.3) is 5.91 Å². The number of hydrogen-bond acceptors (Lipinski definition) is 7. The van der Waals surface area contributed by atoms with Gasteiger partial charge in [-0.2, -0.15) is 0 Å². The van der Waals surface area contributed by atoms with Crippen LogP contribution in [0.25, 0.3) is 0 Å². The van der Waals surface area contributed by atoms with Crippen LogP contribution in [0.5, 0.6) is 0 Å². The molecule has 2 saturated carbocycles. The predicted molar refractivity (Wildman–Crippen MR) is 182 cm³/mol. The van der Waals surface area contributed by atoms with Gasteiger partial charge in [0, 0.05) is 18.5 Å². The summed E-state index contributed by atoms with van der Waals surface area (Å²) in [5, 5.41) is 9.93. The Hall–Kier alpha value is -3.41. The van der Waals surface area contributed by atoms with Gasteiger partial charge in [-0.15, -0.1) is 11.8 Å². The van der Waals surface area contributed by atoms with Gasteiger partial charge >= 0.3 is 6.03 Å². The molecule has 2 heterocycles. The first-order valence-corrected chi connectivity index (χ1v) is 17.9. The fraction of sp³-hybridized carbons (Fsp3) is 0.657. The fourth-order valence-electron chi connectivity index (χ4n) is 6.87. The zero-order valence-electron chi connectivity index (χ0n) is 28.5. The highest BCUT2D eigenvalue weighted by Crippen LogP contribution is 2.35. The van der Waals surface area contributed by atoms with Crippen LogP contribution in [0.1, 0.15) is 98.8 Å². The van der Waals surface area contributed by atoms with Gasteiger partial charge in [-0.3, -0.25) is 19.2 Å². The summed E-state index contributed by atoms with van der Waals surface area (Å²) in [5.41, 5.74) is 5.92. The number of amides is 5. The average Bonchev–Trinajstić information content (AvgIpc) is 3.46. The average molecular weight is 669 g/mol. The molecular formula is C35H52N6O5S. The maximum Gasteiger partial charge on any atom is 0.315 e. The zero-order valence-corrected chi connectivity index (χ0v) is 29.3. The van der Waals surface area contributed by atoms with Crippen molar-refractivity contribution >= 4 is 41.3 Å². The molecule has 2 aliphatic carbocycles. The lowest BCUT2D eigenvalue weighted by molar-refractivity contribution is -0.143. The second-order valence-electron chi connectivity index (χ2n) is 14.7. The van der Waals surface area contributed by atoms with E-state index in [2.05, 4.69) is 20.9 Å². The molecule has 1 unspecified atom stereocenters. The molecular weight excluding hydrogens is 616 g/mol. The number of aromatic nitrogens is 1. The summed E-state index contributed by atoms with van der Waals surface area (Å²) in [5.74, 6) is -1.92. The van der Waals surface area contributed by atoms with Gasteiger partial charge in [-0.1, -0.05) is 70.9 Å². The van der Waals surface area contributed by atoms with E-state index in [1.54, 1.807) is 18.0 Å². The van der Waals surface area contributed by atoms with Crippen LogP contribution in [0.15, 0.2) is 40.6 Å². The topological polar surface area (TPSA) is 164 Å². The first-order chi connectivity index (χ1) is 22.2. The third-order valence-electron chi connectivity index (χ3n) is 9.82. The minimum absolute atomic E-state index is 0.232. The highest BCUT2D eigenvalue weighted by atomic mass is 32.2. The Bertz CT molecular complexity index is 1350. The van der Waals surface area contributed by atoms with Crippen LogP contribution >= 0.6 is 11.8 Å². The second-order valence-corrected chi connectivity index (χ2v) is 15.7. The van der Waals surface area contributed by atoms with Gasteiger partial charge in [-0.05, 0) is 68.6 Å². The molecule has 0 bridgehead atoms. The number of urea groups is 1. The Labute approximate surface area is 283 Å². The molecule has 3 atom stereocenters. The summed E-state index contributed by atoms with van der Waals surface area (Å²) in [7, 11) is 0. The van der Waals surface area contributed by atoms with Crippen LogP contribution in [0.2, 0.25) is 0 Å². The van der Waals surface area contributed by atoms with Crippen LogP contribution in [-0.4, -0.2) is 75.4 Å². The van der Waals surface area contributed by atoms with Crippen molar-refractivity contribution in [3.8, 4) is 0 Å². The Kier molecular flexibility index (Phi) is 12.1. The number of carbonyl (C=O) groups is 5. The van der Waals surface area contributed by atoms with E-state index in [-0.39, 0.29) is 18.4 Å². The SMILES string of the molecule is CC(C)=C1CCN(C(=O)[C@@H](NC(=O)NC2(CSc3ccccn3)CCCCC2)C(C)(C)C)[C@@H]1C(=O)NC(CC1CCC1)C(=O)C(N)=O. The number of pyridine rings is 1. The van der Waals surface area contributed by atoms with Crippen molar-refractivity contribution in [3.05, 3.63) is 35.5 Å². The van der Waals surface area contributed by atoms with Crippen LogP contribution in [0, 0.1) is 11.3 Å². The van der Waals surface area contributed by atoms with E-state index < -0.39 is 52.7 Å². The van der Waals surface area contributed by atoms with E-state index >= 15 is 0 Å². The summed E-state index contributed by atoms with van der Waals surface area (Å²) in [6.07, 6.45) is 10.3. The third kappa shape index (κ3) is 9.36. The quantitative estimate of drug-likeness (QED) is 0.147. The number of primary amides is 1. The minimum Gasteiger partial charge on any atom is -0.363 e. The standard InChI is InChI=1S/C35H52N6O5S/c1-22(2)24-15-19-41(27(24)31(44)38-25(28(42)30(36)43)20-23-12-11-13-23)32(45)29(34(3,4)5)39-33(46)40-35(16-8-6-9-17-35)21-47-26-14-7-10-18-37-26/h7,10,14,18,23,25,27,29H,6,8-9,11-13,15-17,19-21H2,1-5H3,(H2,36,43)(H,38,44)(H2,39,40,46)/t25?,27-,29+/m0/s1. The molecule has 12 heteroatoms. The van der Waals surface area contributed by atoms with E-state index in [4.69, 9.17) is 5.73 Å². The molecule has 0 radical (unpaired) electrons. The van der Waals surface area contributed by atoms with Crippen LogP contribution in [0.4, 0.5) is 4.79 Å². The maximum atomic E-state index is 14.4. The molecule has 5 N–H and O–H groups in total. The van der Waals surface area contributed by atoms with Crippen molar-refractivity contribution in [3.63, 3.8) is 0 Å². The van der Waals surface area contributed by atoms with Crippen molar-refractivity contribution in [2.24, 2.45) is 17.1 Å². The van der Waals surface area contributed by atoms with Crippen molar-refractivity contribution in [1.29, 1.82) is 0 Å². The van der Waals surface area contributed by atoms with E-state index in [0.29, 0.717) is 18.6 Å². The molecule has 4 rings (SSSR count). The second kappa shape index (κ2) is 15.7. The molecule has 0 aromatic carbocycles. The Morgan fingerprint density at radius 1 is 1.04 bits per heavy atom. The van der Waals surface area contributed by atoms with Gasteiger partial charge in [0.2, 0.25) is 17.6 Å². The predicted octanol–water partition coefficient (Wildman–Crippen LogP) is 4.26. The third-order valence-corrected chi connectivity index (χ3v) is 11.1. The lowest BCUT2D eigenvalue weighted by atomic mass is 9.80. The van der Waals surface area contributed by atoms with Crippen LogP contribution in [-0.2, 0) is 19.2 Å². The van der Waals surface area contributed by atoms with Crippen molar-refractivity contribution in [1.82, 2.24) is 25.8 Å². The fourth-order valence-corrected chi connectivity index (χ4v) is 7.97. The number of likely N-dealkylation sites (tertiary alicyclic amines) is 1. The molecule has 0 spiro atoms. The monoisotopic (exact) mass is 668 g/mol. The van der Waals surface area contributed by atoms with Crippen molar-refractivity contribution in [2.45, 2.75) is 128 Å². The number of nitrogens with one attached hydrogen (secondary N) is 3. The minimum atomic E-state index is -1.09. The molecule has 1 saturated heterocycles. The Balaban J connectivity index is 1.52. The first-order valence-electron chi connectivity index (χ1n) is 16.9. The normalized spacial score (nSPS) is 20.8. The number of rotatable bonds is 12. The number of allylic oxidation sites excluding steroid dienone is 1. The summed E-state index contributed by atoms with van der Waals surface area (Å²) < 4.78 is 0.